The van der Waals surface area contributed by atoms with Crippen LogP contribution in [0.3, 0.4) is 0 Å². The predicted octanol–water partition coefficient (Wildman–Crippen LogP) is 2.66. The molecular weight excluding hydrogens is 308 g/mol. The fourth-order valence-corrected chi connectivity index (χ4v) is 3.93. The van der Waals surface area contributed by atoms with Crippen molar-refractivity contribution in [3.8, 4) is 5.88 Å². The van der Waals surface area contributed by atoms with Crippen molar-refractivity contribution < 1.29 is 4.74 Å². The third kappa shape index (κ3) is 5.03. The van der Waals surface area contributed by atoms with E-state index in [2.05, 4.69) is 14.9 Å². The van der Waals surface area contributed by atoms with E-state index in [4.69, 9.17) is 10.5 Å². The summed E-state index contributed by atoms with van der Waals surface area (Å²) in [7, 11) is 0. The SMILES string of the molecule is NC(=NCc1ccnc(OC2CCCCC2)c1)N1CCSCC1. The Morgan fingerprint density at radius 1 is 1.30 bits per heavy atom. The lowest BCUT2D eigenvalue weighted by molar-refractivity contribution is 0.148. The molecule has 23 heavy (non-hydrogen) atoms. The summed E-state index contributed by atoms with van der Waals surface area (Å²) in [4.78, 5) is 11.0. The number of nitrogens with zero attached hydrogens (tertiary/aromatic N) is 3. The normalized spacial score (nSPS) is 20.5. The lowest BCUT2D eigenvalue weighted by Crippen LogP contribution is -2.42. The van der Waals surface area contributed by atoms with Gasteiger partial charge in [-0.3, -0.25) is 0 Å². The predicted molar refractivity (Wildman–Crippen MR) is 96.0 cm³/mol. The molecule has 0 radical (unpaired) electrons. The minimum absolute atomic E-state index is 0.325. The van der Waals surface area contributed by atoms with E-state index in [0.717, 1.165) is 48.9 Å². The fourth-order valence-electron chi connectivity index (χ4n) is 3.03. The van der Waals surface area contributed by atoms with E-state index in [1.165, 1.54) is 19.3 Å². The lowest BCUT2D eigenvalue weighted by Gasteiger charge is -2.27. The Balaban J connectivity index is 1.56. The highest BCUT2D eigenvalue weighted by molar-refractivity contribution is 7.99. The van der Waals surface area contributed by atoms with Gasteiger partial charge in [-0.25, -0.2) is 9.98 Å². The zero-order chi connectivity index (χ0) is 15.9. The summed E-state index contributed by atoms with van der Waals surface area (Å²) in [6.07, 6.45) is 8.27. The number of pyridine rings is 1. The highest BCUT2D eigenvalue weighted by Crippen LogP contribution is 2.22. The van der Waals surface area contributed by atoms with Crippen LogP contribution in [0.5, 0.6) is 5.88 Å². The molecule has 1 saturated heterocycles. The number of hydrogen-bond donors (Lipinski definition) is 1. The summed E-state index contributed by atoms with van der Waals surface area (Å²) in [5, 5.41) is 0. The van der Waals surface area contributed by atoms with Gasteiger partial charge in [0.25, 0.3) is 0 Å². The Morgan fingerprint density at radius 2 is 2.09 bits per heavy atom. The highest BCUT2D eigenvalue weighted by Gasteiger charge is 2.15. The van der Waals surface area contributed by atoms with Crippen molar-refractivity contribution in [1.29, 1.82) is 0 Å². The summed E-state index contributed by atoms with van der Waals surface area (Å²) >= 11 is 1.97. The number of aromatic nitrogens is 1. The fraction of sp³-hybridized carbons (Fsp3) is 0.647. The van der Waals surface area contributed by atoms with Crippen LogP contribution >= 0.6 is 11.8 Å². The van der Waals surface area contributed by atoms with Crippen molar-refractivity contribution in [3.05, 3.63) is 23.9 Å². The number of rotatable bonds is 4. The van der Waals surface area contributed by atoms with Gasteiger partial charge in [0, 0.05) is 36.9 Å². The van der Waals surface area contributed by atoms with Gasteiger partial charge in [0.1, 0.15) is 6.10 Å². The monoisotopic (exact) mass is 334 g/mol. The number of nitrogens with two attached hydrogens (primary N) is 1. The van der Waals surface area contributed by atoms with Crippen molar-refractivity contribution in [2.45, 2.75) is 44.8 Å². The number of ether oxygens (including phenoxy) is 1. The van der Waals surface area contributed by atoms with Crippen molar-refractivity contribution in [2.24, 2.45) is 10.7 Å². The van der Waals surface area contributed by atoms with E-state index in [-0.39, 0.29) is 0 Å². The molecule has 1 aliphatic carbocycles. The van der Waals surface area contributed by atoms with Crippen molar-refractivity contribution >= 4 is 17.7 Å². The first-order valence-electron chi connectivity index (χ1n) is 8.55. The zero-order valence-corrected chi connectivity index (χ0v) is 14.4. The second-order valence-corrected chi connectivity index (χ2v) is 7.38. The molecule has 1 aromatic rings. The quantitative estimate of drug-likeness (QED) is 0.677. The molecule has 0 bridgehead atoms. The highest BCUT2D eigenvalue weighted by atomic mass is 32.2. The van der Waals surface area contributed by atoms with Crippen LogP contribution in [0, 0.1) is 0 Å². The first kappa shape index (κ1) is 16.4. The molecule has 2 aliphatic rings. The second kappa shape index (κ2) is 8.43. The van der Waals surface area contributed by atoms with Crippen LogP contribution in [0.15, 0.2) is 23.3 Å². The molecule has 2 fully saturated rings. The molecule has 3 rings (SSSR count). The standard InChI is InChI=1S/C17H26N4OS/c18-17(21-8-10-23-11-9-21)20-13-14-6-7-19-16(12-14)22-15-4-2-1-3-5-15/h6-7,12,15H,1-5,8-11,13H2,(H2,18,20). The average molecular weight is 334 g/mol. The van der Waals surface area contributed by atoms with E-state index in [9.17, 15) is 0 Å². The molecule has 0 spiro atoms. The van der Waals surface area contributed by atoms with E-state index in [0.29, 0.717) is 18.6 Å². The largest absolute Gasteiger partial charge is 0.474 e. The number of guanidine groups is 1. The van der Waals surface area contributed by atoms with Gasteiger partial charge in [-0.15, -0.1) is 0 Å². The van der Waals surface area contributed by atoms with Crippen LogP contribution in [-0.2, 0) is 6.54 Å². The van der Waals surface area contributed by atoms with E-state index in [1.807, 2.05) is 23.9 Å². The summed E-state index contributed by atoms with van der Waals surface area (Å²) < 4.78 is 6.02. The van der Waals surface area contributed by atoms with Gasteiger partial charge in [0.2, 0.25) is 5.88 Å². The topological polar surface area (TPSA) is 63.7 Å². The zero-order valence-electron chi connectivity index (χ0n) is 13.6. The van der Waals surface area contributed by atoms with Gasteiger partial charge in [0.05, 0.1) is 6.54 Å². The Kier molecular flexibility index (Phi) is 6.02. The smallest absolute Gasteiger partial charge is 0.213 e. The molecule has 126 valence electrons. The number of aliphatic imine (C=N–C) groups is 1. The second-order valence-electron chi connectivity index (χ2n) is 6.15. The molecule has 2 N–H and O–H groups in total. The average Bonchev–Trinajstić information content (AvgIpc) is 2.62. The maximum absolute atomic E-state index is 6.10. The van der Waals surface area contributed by atoms with E-state index < -0.39 is 0 Å². The number of thioether (sulfide) groups is 1. The maximum Gasteiger partial charge on any atom is 0.213 e. The van der Waals surface area contributed by atoms with Crippen LogP contribution in [-0.4, -0.2) is 46.5 Å². The van der Waals surface area contributed by atoms with Gasteiger partial charge in [-0.05, 0) is 37.3 Å². The molecule has 0 atom stereocenters. The molecule has 5 nitrogen and oxygen atoms in total. The van der Waals surface area contributed by atoms with Crippen molar-refractivity contribution in [2.75, 3.05) is 24.6 Å². The lowest BCUT2D eigenvalue weighted by atomic mass is 9.98. The molecule has 2 heterocycles. The van der Waals surface area contributed by atoms with Crippen molar-refractivity contribution in [3.63, 3.8) is 0 Å². The molecule has 0 aromatic carbocycles. The third-order valence-electron chi connectivity index (χ3n) is 4.40. The summed E-state index contributed by atoms with van der Waals surface area (Å²) in [5.41, 5.74) is 7.20. The Morgan fingerprint density at radius 3 is 2.87 bits per heavy atom. The van der Waals surface area contributed by atoms with Crippen LogP contribution in [0.1, 0.15) is 37.7 Å². The van der Waals surface area contributed by atoms with E-state index in [1.54, 1.807) is 6.20 Å². The van der Waals surface area contributed by atoms with Crippen LogP contribution in [0.25, 0.3) is 0 Å². The minimum Gasteiger partial charge on any atom is -0.474 e. The molecule has 0 amide bonds. The maximum atomic E-state index is 6.10. The molecule has 0 unspecified atom stereocenters. The van der Waals surface area contributed by atoms with Crippen LogP contribution in [0.2, 0.25) is 0 Å². The van der Waals surface area contributed by atoms with E-state index >= 15 is 0 Å². The molecule has 6 heteroatoms. The van der Waals surface area contributed by atoms with Crippen molar-refractivity contribution in [1.82, 2.24) is 9.88 Å². The molecule has 1 aliphatic heterocycles. The van der Waals surface area contributed by atoms with Crippen LogP contribution in [0.4, 0.5) is 0 Å². The molecule has 1 saturated carbocycles. The Bertz CT molecular complexity index is 525. The molecule has 1 aromatic heterocycles. The van der Waals surface area contributed by atoms with Crippen LogP contribution < -0.4 is 10.5 Å². The first-order valence-corrected chi connectivity index (χ1v) is 9.71. The summed E-state index contributed by atoms with van der Waals surface area (Å²) in [6.45, 7) is 2.57. The summed E-state index contributed by atoms with van der Waals surface area (Å²) in [5.74, 6) is 3.63. The van der Waals surface area contributed by atoms with Gasteiger partial charge < -0.3 is 15.4 Å². The molecular formula is C17H26N4OS. The van der Waals surface area contributed by atoms with Gasteiger partial charge in [0.15, 0.2) is 5.96 Å². The minimum atomic E-state index is 0.325. The van der Waals surface area contributed by atoms with Gasteiger partial charge >= 0.3 is 0 Å². The first-order chi connectivity index (χ1) is 11.3. The third-order valence-corrected chi connectivity index (χ3v) is 5.34. The Labute approximate surface area is 142 Å². The summed E-state index contributed by atoms with van der Waals surface area (Å²) in [6, 6.07) is 3.98. The van der Waals surface area contributed by atoms with Gasteiger partial charge in [-0.1, -0.05) is 6.42 Å². The van der Waals surface area contributed by atoms with Gasteiger partial charge in [-0.2, -0.15) is 11.8 Å². The number of hydrogen-bond acceptors (Lipinski definition) is 4. The Hall–Kier alpha value is -1.43.